The van der Waals surface area contributed by atoms with Crippen LogP contribution in [0.2, 0.25) is 10.0 Å². The summed E-state index contributed by atoms with van der Waals surface area (Å²) in [5, 5.41) is 3.21. The van der Waals surface area contributed by atoms with E-state index < -0.39 is 45.8 Å². The molecule has 0 fully saturated rings. The number of amides is 2. The molecule has 0 heterocycles. The highest BCUT2D eigenvalue weighted by Crippen LogP contribution is 2.30. The number of hydrogen-bond acceptors (Lipinski definition) is 4. The number of halogens is 3. The van der Waals surface area contributed by atoms with E-state index in [1.807, 2.05) is 0 Å². The zero-order valence-corrected chi connectivity index (χ0v) is 24.3. The van der Waals surface area contributed by atoms with E-state index in [1.165, 1.54) is 59.5 Å². The number of nitrogens with zero attached hydrogens (tertiary/aromatic N) is 2. The van der Waals surface area contributed by atoms with Gasteiger partial charge >= 0.3 is 0 Å². The van der Waals surface area contributed by atoms with E-state index in [4.69, 9.17) is 23.2 Å². The SMILES string of the molecule is C[C@H](C(=O)NC(C)(C)C)N(Cc1ccc(F)cc1)C(=O)CN(c1cc(Cl)cc(Cl)c1)S(=O)(=O)c1ccccc1. The number of benzene rings is 3. The molecule has 0 saturated carbocycles. The van der Waals surface area contributed by atoms with Crippen molar-refractivity contribution in [3.63, 3.8) is 0 Å². The van der Waals surface area contributed by atoms with Crippen molar-refractivity contribution >= 4 is 50.7 Å². The summed E-state index contributed by atoms with van der Waals surface area (Å²) in [6.45, 7) is 6.26. The van der Waals surface area contributed by atoms with Crippen molar-refractivity contribution in [2.24, 2.45) is 0 Å². The zero-order valence-electron chi connectivity index (χ0n) is 22.0. The van der Waals surface area contributed by atoms with Gasteiger partial charge in [-0.2, -0.15) is 0 Å². The van der Waals surface area contributed by atoms with Gasteiger partial charge in [-0.25, -0.2) is 12.8 Å². The maximum Gasteiger partial charge on any atom is 0.264 e. The molecule has 0 bridgehead atoms. The van der Waals surface area contributed by atoms with Gasteiger partial charge < -0.3 is 10.2 Å². The monoisotopic (exact) mass is 593 g/mol. The van der Waals surface area contributed by atoms with Crippen molar-refractivity contribution in [3.8, 4) is 0 Å². The normalized spacial score (nSPS) is 12.5. The van der Waals surface area contributed by atoms with Crippen LogP contribution in [0.3, 0.4) is 0 Å². The van der Waals surface area contributed by atoms with Crippen LogP contribution in [0.15, 0.2) is 77.7 Å². The minimum absolute atomic E-state index is 0.0440. The van der Waals surface area contributed by atoms with E-state index in [0.29, 0.717) is 5.56 Å². The van der Waals surface area contributed by atoms with Gasteiger partial charge in [0.2, 0.25) is 11.8 Å². The first-order chi connectivity index (χ1) is 18.2. The second-order valence-electron chi connectivity index (χ2n) is 10.0. The van der Waals surface area contributed by atoms with Crippen LogP contribution in [-0.2, 0) is 26.2 Å². The lowest BCUT2D eigenvalue weighted by atomic mass is 10.1. The highest BCUT2D eigenvalue weighted by atomic mass is 35.5. The summed E-state index contributed by atoms with van der Waals surface area (Å²) in [4.78, 5) is 28.2. The molecule has 39 heavy (non-hydrogen) atoms. The molecule has 3 rings (SSSR count). The molecule has 2 amide bonds. The second kappa shape index (κ2) is 12.4. The van der Waals surface area contributed by atoms with E-state index in [-0.39, 0.29) is 27.2 Å². The standard InChI is InChI=1S/C28H30Cl2FN3O4S/c1-19(27(36)32-28(2,3)4)33(17-20-10-12-23(31)13-11-20)26(35)18-34(24-15-21(29)14-22(30)16-24)39(37,38)25-8-6-5-7-9-25/h5-16,19H,17-18H2,1-4H3,(H,32,36)/t19-/m1/s1. The third kappa shape index (κ3) is 8.17. The van der Waals surface area contributed by atoms with Crippen molar-refractivity contribution < 1.29 is 22.4 Å². The van der Waals surface area contributed by atoms with Crippen LogP contribution in [0.4, 0.5) is 10.1 Å². The Balaban J connectivity index is 2.05. The summed E-state index contributed by atoms with van der Waals surface area (Å²) in [6, 6.07) is 16.4. The fourth-order valence-corrected chi connectivity index (χ4v) is 5.71. The molecule has 3 aromatic rings. The molecule has 0 saturated heterocycles. The number of rotatable bonds is 9. The number of carbonyl (C=O) groups excluding carboxylic acids is 2. The molecule has 7 nitrogen and oxygen atoms in total. The molecule has 11 heteroatoms. The van der Waals surface area contributed by atoms with Crippen LogP contribution in [-0.4, -0.2) is 43.3 Å². The quantitative estimate of drug-likeness (QED) is 0.347. The van der Waals surface area contributed by atoms with Gasteiger partial charge in [0.15, 0.2) is 0 Å². The Morgan fingerprint density at radius 2 is 1.51 bits per heavy atom. The predicted molar refractivity (Wildman–Crippen MR) is 152 cm³/mol. The highest BCUT2D eigenvalue weighted by molar-refractivity contribution is 7.92. The Morgan fingerprint density at radius 1 is 0.949 bits per heavy atom. The molecule has 3 aromatic carbocycles. The molecule has 1 N–H and O–H groups in total. The highest BCUT2D eigenvalue weighted by Gasteiger charge is 2.33. The first-order valence-corrected chi connectivity index (χ1v) is 14.3. The Hall–Kier alpha value is -3.14. The van der Waals surface area contributed by atoms with Gasteiger partial charge in [-0.15, -0.1) is 0 Å². The molecule has 0 aliphatic carbocycles. The lowest BCUT2D eigenvalue weighted by molar-refractivity contribution is -0.140. The molecule has 0 aliphatic heterocycles. The van der Waals surface area contributed by atoms with Gasteiger partial charge in [-0.3, -0.25) is 13.9 Å². The fraction of sp³-hybridized carbons (Fsp3) is 0.286. The van der Waals surface area contributed by atoms with Crippen LogP contribution >= 0.6 is 23.2 Å². The van der Waals surface area contributed by atoms with Crippen LogP contribution in [0.25, 0.3) is 0 Å². The lowest BCUT2D eigenvalue weighted by Gasteiger charge is -2.33. The third-order valence-electron chi connectivity index (χ3n) is 5.68. The van der Waals surface area contributed by atoms with E-state index in [0.717, 1.165) is 4.31 Å². The Morgan fingerprint density at radius 3 is 2.05 bits per heavy atom. The van der Waals surface area contributed by atoms with Gasteiger partial charge in [0.25, 0.3) is 10.0 Å². The van der Waals surface area contributed by atoms with Crippen molar-refractivity contribution in [1.82, 2.24) is 10.2 Å². The largest absolute Gasteiger partial charge is 0.350 e. The van der Waals surface area contributed by atoms with Crippen LogP contribution < -0.4 is 9.62 Å². The maximum atomic E-state index is 13.9. The van der Waals surface area contributed by atoms with E-state index >= 15 is 0 Å². The number of sulfonamides is 1. The smallest absolute Gasteiger partial charge is 0.264 e. The molecule has 0 aliphatic rings. The number of nitrogens with one attached hydrogen (secondary N) is 1. The van der Waals surface area contributed by atoms with Gasteiger partial charge in [0, 0.05) is 22.1 Å². The van der Waals surface area contributed by atoms with E-state index in [1.54, 1.807) is 45.9 Å². The van der Waals surface area contributed by atoms with Crippen molar-refractivity contribution in [2.75, 3.05) is 10.8 Å². The number of anilines is 1. The Labute approximate surface area is 238 Å². The maximum absolute atomic E-state index is 13.9. The first-order valence-electron chi connectivity index (χ1n) is 12.1. The average Bonchev–Trinajstić information content (AvgIpc) is 2.85. The topological polar surface area (TPSA) is 86.8 Å². The van der Waals surface area contributed by atoms with Crippen molar-refractivity contribution in [3.05, 3.63) is 94.2 Å². The van der Waals surface area contributed by atoms with Gasteiger partial charge in [0.1, 0.15) is 18.4 Å². The van der Waals surface area contributed by atoms with Gasteiger partial charge in [0.05, 0.1) is 10.6 Å². The summed E-state index contributed by atoms with van der Waals surface area (Å²) >= 11 is 12.4. The summed E-state index contributed by atoms with van der Waals surface area (Å²) in [5.74, 6) is -1.54. The summed E-state index contributed by atoms with van der Waals surface area (Å²) < 4.78 is 41.9. The predicted octanol–water partition coefficient (Wildman–Crippen LogP) is 5.66. The summed E-state index contributed by atoms with van der Waals surface area (Å²) in [5.41, 5.74) is 0.0672. The third-order valence-corrected chi connectivity index (χ3v) is 7.90. The first kappa shape index (κ1) is 30.4. The molecule has 0 radical (unpaired) electrons. The minimum Gasteiger partial charge on any atom is -0.350 e. The van der Waals surface area contributed by atoms with Crippen LogP contribution in [0, 0.1) is 5.82 Å². The molecule has 0 aromatic heterocycles. The van der Waals surface area contributed by atoms with Gasteiger partial charge in [-0.05, 0) is 75.7 Å². The Kier molecular flexibility index (Phi) is 9.64. The van der Waals surface area contributed by atoms with Crippen molar-refractivity contribution in [1.29, 1.82) is 0 Å². The number of hydrogen-bond donors (Lipinski definition) is 1. The average molecular weight is 595 g/mol. The Bertz CT molecular complexity index is 1410. The lowest BCUT2D eigenvalue weighted by Crippen LogP contribution is -2.54. The zero-order chi connectivity index (χ0) is 29.0. The molecule has 208 valence electrons. The van der Waals surface area contributed by atoms with Gasteiger partial charge in [-0.1, -0.05) is 53.5 Å². The van der Waals surface area contributed by atoms with Crippen LogP contribution in [0.1, 0.15) is 33.3 Å². The summed E-state index contributed by atoms with van der Waals surface area (Å²) in [7, 11) is -4.25. The van der Waals surface area contributed by atoms with Crippen molar-refractivity contribution in [2.45, 2.75) is 50.7 Å². The summed E-state index contributed by atoms with van der Waals surface area (Å²) in [6.07, 6.45) is 0. The second-order valence-corrected chi connectivity index (χ2v) is 12.8. The molecular formula is C28H30Cl2FN3O4S. The minimum atomic E-state index is -4.25. The fourth-order valence-electron chi connectivity index (χ4n) is 3.77. The molecule has 1 atom stereocenters. The number of carbonyl (C=O) groups is 2. The van der Waals surface area contributed by atoms with E-state index in [9.17, 15) is 22.4 Å². The molecule has 0 unspecified atom stereocenters. The molecule has 0 spiro atoms. The van der Waals surface area contributed by atoms with E-state index in [2.05, 4.69) is 5.32 Å². The van der Waals surface area contributed by atoms with Crippen LogP contribution in [0.5, 0.6) is 0 Å². The molecular weight excluding hydrogens is 564 g/mol.